The van der Waals surface area contributed by atoms with Crippen molar-refractivity contribution in [3.05, 3.63) is 30.6 Å². The molecule has 6 heteroatoms. The first-order chi connectivity index (χ1) is 12.9. The molecule has 0 bridgehead atoms. The number of carbonyl (C=O) groups is 2. The van der Waals surface area contributed by atoms with Crippen LogP contribution in [0.3, 0.4) is 0 Å². The third kappa shape index (κ3) is 20.2. The SMILES string of the molecule is C1CCC(COCC2CCCC2)C1.CC(=O)O.CC(=O)O.c1ccncc1. The van der Waals surface area contributed by atoms with Crippen LogP contribution in [0.15, 0.2) is 30.6 Å². The molecule has 1 heterocycles. The Balaban J connectivity index is 0.000000402. The Kier molecular flexibility index (Phi) is 16.2. The summed E-state index contributed by atoms with van der Waals surface area (Å²) < 4.78 is 5.80. The Morgan fingerprint density at radius 3 is 1.37 bits per heavy atom. The van der Waals surface area contributed by atoms with E-state index >= 15 is 0 Å². The van der Waals surface area contributed by atoms with Crippen LogP contribution in [0, 0.1) is 11.8 Å². The summed E-state index contributed by atoms with van der Waals surface area (Å²) in [5, 5.41) is 14.8. The van der Waals surface area contributed by atoms with Gasteiger partial charge in [0.2, 0.25) is 0 Å². The Morgan fingerprint density at radius 2 is 1.15 bits per heavy atom. The molecule has 0 spiro atoms. The van der Waals surface area contributed by atoms with Gasteiger partial charge in [0, 0.05) is 39.5 Å². The Labute approximate surface area is 163 Å². The maximum absolute atomic E-state index is 9.00. The molecule has 2 fully saturated rings. The van der Waals surface area contributed by atoms with Crippen molar-refractivity contribution >= 4 is 11.9 Å². The van der Waals surface area contributed by atoms with Gasteiger partial charge < -0.3 is 14.9 Å². The fourth-order valence-electron chi connectivity index (χ4n) is 3.07. The monoisotopic (exact) mass is 381 g/mol. The molecule has 154 valence electrons. The molecule has 1 aromatic rings. The number of carboxylic acids is 2. The van der Waals surface area contributed by atoms with Crippen LogP contribution in [0.5, 0.6) is 0 Å². The van der Waals surface area contributed by atoms with Crippen molar-refractivity contribution in [3.63, 3.8) is 0 Å². The van der Waals surface area contributed by atoms with Crippen LogP contribution in [0.1, 0.15) is 65.2 Å². The third-order valence-corrected chi connectivity index (χ3v) is 4.22. The van der Waals surface area contributed by atoms with Crippen LogP contribution in [-0.2, 0) is 14.3 Å². The molecular weight excluding hydrogens is 346 g/mol. The first-order valence-electron chi connectivity index (χ1n) is 9.73. The predicted molar refractivity (Wildman–Crippen MR) is 106 cm³/mol. The van der Waals surface area contributed by atoms with Crippen LogP contribution in [0.4, 0.5) is 0 Å². The number of aliphatic carboxylic acids is 2. The molecule has 2 aliphatic rings. The van der Waals surface area contributed by atoms with E-state index in [2.05, 4.69) is 4.98 Å². The maximum atomic E-state index is 9.00. The first-order valence-corrected chi connectivity index (χ1v) is 9.73. The molecular formula is C21H35NO5. The quantitative estimate of drug-likeness (QED) is 0.788. The molecule has 0 amide bonds. The highest BCUT2D eigenvalue weighted by atomic mass is 16.5. The van der Waals surface area contributed by atoms with E-state index in [0.29, 0.717) is 0 Å². The van der Waals surface area contributed by atoms with Gasteiger partial charge in [-0.05, 0) is 49.7 Å². The van der Waals surface area contributed by atoms with Gasteiger partial charge in [-0.2, -0.15) is 0 Å². The lowest BCUT2D eigenvalue weighted by Crippen LogP contribution is -2.11. The van der Waals surface area contributed by atoms with Crippen LogP contribution < -0.4 is 0 Å². The molecule has 0 saturated heterocycles. The van der Waals surface area contributed by atoms with Gasteiger partial charge in [0.1, 0.15) is 0 Å². The van der Waals surface area contributed by atoms with Crippen molar-refractivity contribution in [2.45, 2.75) is 65.2 Å². The number of nitrogens with zero attached hydrogens (tertiary/aromatic N) is 1. The van der Waals surface area contributed by atoms with Gasteiger partial charge in [0.25, 0.3) is 11.9 Å². The summed E-state index contributed by atoms with van der Waals surface area (Å²) in [6, 6.07) is 5.72. The van der Waals surface area contributed by atoms with Crippen LogP contribution >= 0.6 is 0 Å². The molecule has 6 nitrogen and oxygen atoms in total. The minimum Gasteiger partial charge on any atom is -0.481 e. The summed E-state index contributed by atoms with van der Waals surface area (Å²) in [4.78, 5) is 21.8. The van der Waals surface area contributed by atoms with Gasteiger partial charge in [-0.1, -0.05) is 31.7 Å². The van der Waals surface area contributed by atoms with E-state index in [1.165, 1.54) is 51.4 Å². The molecule has 0 radical (unpaired) electrons. The van der Waals surface area contributed by atoms with Gasteiger partial charge in [-0.25, -0.2) is 0 Å². The highest BCUT2D eigenvalue weighted by Gasteiger charge is 2.18. The summed E-state index contributed by atoms with van der Waals surface area (Å²) in [7, 11) is 0. The van der Waals surface area contributed by atoms with E-state index in [-0.39, 0.29) is 0 Å². The topological polar surface area (TPSA) is 96.7 Å². The average molecular weight is 382 g/mol. The van der Waals surface area contributed by atoms with Gasteiger partial charge in [-0.3, -0.25) is 14.6 Å². The van der Waals surface area contributed by atoms with Crippen LogP contribution in [-0.4, -0.2) is 40.3 Å². The fourth-order valence-corrected chi connectivity index (χ4v) is 3.07. The van der Waals surface area contributed by atoms with E-state index in [9.17, 15) is 0 Å². The zero-order valence-electron chi connectivity index (χ0n) is 16.7. The van der Waals surface area contributed by atoms with Crippen LogP contribution in [0.2, 0.25) is 0 Å². The molecule has 2 aliphatic carbocycles. The van der Waals surface area contributed by atoms with Crippen molar-refractivity contribution in [3.8, 4) is 0 Å². The van der Waals surface area contributed by atoms with Gasteiger partial charge in [0.05, 0.1) is 0 Å². The van der Waals surface area contributed by atoms with Gasteiger partial charge >= 0.3 is 0 Å². The average Bonchev–Trinajstić information content (AvgIpc) is 3.30. The summed E-state index contributed by atoms with van der Waals surface area (Å²) >= 11 is 0. The number of aromatic nitrogens is 1. The smallest absolute Gasteiger partial charge is 0.300 e. The molecule has 0 aromatic carbocycles. The van der Waals surface area contributed by atoms with Crippen molar-refractivity contribution < 1.29 is 24.5 Å². The molecule has 2 saturated carbocycles. The number of rotatable bonds is 4. The normalized spacial score (nSPS) is 16.1. The Morgan fingerprint density at radius 1 is 0.815 bits per heavy atom. The predicted octanol–water partition coefficient (Wildman–Crippen LogP) is 4.65. The second-order valence-corrected chi connectivity index (χ2v) is 6.90. The zero-order valence-corrected chi connectivity index (χ0v) is 16.7. The minimum atomic E-state index is -0.833. The Bertz CT molecular complexity index is 406. The second kappa shape index (κ2) is 17.5. The van der Waals surface area contributed by atoms with Gasteiger partial charge in [-0.15, -0.1) is 0 Å². The number of pyridine rings is 1. The largest absolute Gasteiger partial charge is 0.481 e. The number of carboxylic acid groups (broad SMARTS) is 2. The molecule has 27 heavy (non-hydrogen) atoms. The van der Waals surface area contributed by atoms with Crippen molar-refractivity contribution in [2.75, 3.05) is 13.2 Å². The zero-order chi connectivity index (χ0) is 20.3. The van der Waals surface area contributed by atoms with Gasteiger partial charge in [0.15, 0.2) is 0 Å². The summed E-state index contributed by atoms with van der Waals surface area (Å²) in [5.41, 5.74) is 0. The number of ether oxygens (including phenoxy) is 1. The molecule has 1 aromatic heterocycles. The highest BCUT2D eigenvalue weighted by molar-refractivity contribution is 5.63. The fraction of sp³-hybridized carbons (Fsp3) is 0.667. The minimum absolute atomic E-state index is 0.833. The third-order valence-electron chi connectivity index (χ3n) is 4.22. The molecule has 0 unspecified atom stereocenters. The molecule has 0 aliphatic heterocycles. The molecule has 0 atom stereocenters. The van der Waals surface area contributed by atoms with Crippen molar-refractivity contribution in [1.82, 2.24) is 4.98 Å². The van der Waals surface area contributed by atoms with Crippen molar-refractivity contribution in [2.24, 2.45) is 11.8 Å². The number of hydrogen-bond acceptors (Lipinski definition) is 4. The lowest BCUT2D eigenvalue weighted by molar-refractivity contribution is -0.135. The van der Waals surface area contributed by atoms with E-state index in [1.807, 2.05) is 18.2 Å². The maximum Gasteiger partial charge on any atom is 0.300 e. The highest BCUT2D eigenvalue weighted by Crippen LogP contribution is 2.27. The lowest BCUT2D eigenvalue weighted by Gasteiger charge is -2.13. The van der Waals surface area contributed by atoms with E-state index in [1.54, 1.807) is 12.4 Å². The summed E-state index contributed by atoms with van der Waals surface area (Å²) in [6.45, 7) is 4.27. The molecule has 2 N–H and O–H groups in total. The molecule has 3 rings (SSSR count). The van der Waals surface area contributed by atoms with E-state index in [4.69, 9.17) is 24.5 Å². The second-order valence-electron chi connectivity index (χ2n) is 6.90. The van der Waals surface area contributed by atoms with E-state index < -0.39 is 11.9 Å². The Hall–Kier alpha value is -1.95. The first kappa shape index (κ1) is 25.1. The number of hydrogen-bond donors (Lipinski definition) is 2. The lowest BCUT2D eigenvalue weighted by atomic mass is 10.1. The van der Waals surface area contributed by atoms with Crippen LogP contribution in [0.25, 0.3) is 0 Å². The van der Waals surface area contributed by atoms with Crippen molar-refractivity contribution in [1.29, 1.82) is 0 Å². The van der Waals surface area contributed by atoms with E-state index in [0.717, 1.165) is 38.9 Å². The summed E-state index contributed by atoms with van der Waals surface area (Å²) in [6.07, 6.45) is 15.0. The standard InChI is InChI=1S/C12H22O.C5H5N.2C2H4O2/c1-2-6-11(5-1)9-13-10-12-7-3-4-8-12;1-2-4-6-5-3-1;2*1-2(3)4/h11-12H,1-10H2;1-5H;2*1H3,(H,3,4). The summed E-state index contributed by atoms with van der Waals surface area (Å²) in [5.74, 6) is 0.141.